The number of nitrogens with one attached hydrogen (secondary N) is 1. The van der Waals surface area contributed by atoms with Crippen LogP contribution in [0, 0.1) is 0 Å². The number of rotatable bonds is 1. The first-order valence-corrected chi connectivity index (χ1v) is 3.24. The molecule has 1 rings (SSSR count). The standard InChI is InChI=1S/C6H13NO.H2/c1-2-6-5-8-4-3-7-6;/h6-7H,2-5H2,1H3;1H/t6-;/m0./s1. The number of hydrogen-bond acceptors (Lipinski definition) is 2. The summed E-state index contributed by atoms with van der Waals surface area (Å²) in [6.45, 7) is 4.98. The lowest BCUT2D eigenvalue weighted by molar-refractivity contribution is 0.0758. The van der Waals surface area contributed by atoms with Gasteiger partial charge in [-0.25, -0.2) is 0 Å². The van der Waals surface area contributed by atoms with E-state index < -0.39 is 0 Å². The van der Waals surface area contributed by atoms with Crippen molar-refractivity contribution in [3.05, 3.63) is 0 Å². The SMILES string of the molecule is CC[C@H]1COCCN1.[HH]. The molecule has 1 N–H and O–H groups in total. The number of morpholine rings is 1. The quantitative estimate of drug-likeness (QED) is 0.544. The lowest BCUT2D eigenvalue weighted by atomic mass is 10.2. The van der Waals surface area contributed by atoms with Crippen LogP contribution in [0.15, 0.2) is 0 Å². The maximum absolute atomic E-state index is 5.21. The smallest absolute Gasteiger partial charge is 0.0620 e. The maximum atomic E-state index is 5.21. The fourth-order valence-electron chi connectivity index (χ4n) is 0.882. The highest BCUT2D eigenvalue weighted by atomic mass is 16.5. The van der Waals surface area contributed by atoms with Crippen molar-refractivity contribution >= 4 is 0 Å². The molecule has 1 atom stereocenters. The normalized spacial score (nSPS) is 30.4. The third-order valence-corrected chi connectivity index (χ3v) is 1.49. The Labute approximate surface area is 51.7 Å². The van der Waals surface area contributed by atoms with Gasteiger partial charge in [-0.15, -0.1) is 0 Å². The fourth-order valence-corrected chi connectivity index (χ4v) is 0.882. The van der Waals surface area contributed by atoms with Gasteiger partial charge < -0.3 is 10.1 Å². The van der Waals surface area contributed by atoms with Crippen molar-refractivity contribution in [2.45, 2.75) is 19.4 Å². The van der Waals surface area contributed by atoms with Gasteiger partial charge in [0.15, 0.2) is 0 Å². The Bertz CT molecular complexity index is 64.1. The molecule has 0 amide bonds. The molecule has 2 nitrogen and oxygen atoms in total. The van der Waals surface area contributed by atoms with Gasteiger partial charge in [0.1, 0.15) is 0 Å². The molecule has 0 bridgehead atoms. The molecule has 1 aliphatic rings. The summed E-state index contributed by atoms with van der Waals surface area (Å²) in [5, 5.41) is 3.34. The number of hydrogen-bond donors (Lipinski definition) is 1. The fraction of sp³-hybridized carbons (Fsp3) is 1.00. The summed E-state index contributed by atoms with van der Waals surface area (Å²) in [4.78, 5) is 0. The van der Waals surface area contributed by atoms with Crippen LogP contribution in [0.3, 0.4) is 0 Å². The van der Waals surface area contributed by atoms with Crippen LogP contribution < -0.4 is 5.32 Å². The highest BCUT2D eigenvalue weighted by Crippen LogP contribution is 1.95. The van der Waals surface area contributed by atoms with E-state index >= 15 is 0 Å². The third-order valence-electron chi connectivity index (χ3n) is 1.49. The van der Waals surface area contributed by atoms with Crippen molar-refractivity contribution in [3.8, 4) is 0 Å². The molecule has 1 aliphatic heterocycles. The minimum absolute atomic E-state index is 0. The lowest BCUT2D eigenvalue weighted by Gasteiger charge is -2.21. The van der Waals surface area contributed by atoms with Gasteiger partial charge >= 0.3 is 0 Å². The van der Waals surface area contributed by atoms with Gasteiger partial charge in [0, 0.05) is 14.0 Å². The van der Waals surface area contributed by atoms with Crippen LogP contribution in [0.2, 0.25) is 0 Å². The summed E-state index contributed by atoms with van der Waals surface area (Å²) in [5.74, 6) is 0. The van der Waals surface area contributed by atoms with Gasteiger partial charge in [-0.2, -0.15) is 0 Å². The van der Waals surface area contributed by atoms with Crippen LogP contribution in [0.5, 0.6) is 0 Å². The van der Waals surface area contributed by atoms with E-state index in [4.69, 9.17) is 4.74 Å². The van der Waals surface area contributed by atoms with Gasteiger partial charge in [-0.1, -0.05) is 6.92 Å². The molecule has 0 radical (unpaired) electrons. The average molecular weight is 117 g/mol. The summed E-state index contributed by atoms with van der Waals surface area (Å²) in [7, 11) is 0. The summed E-state index contributed by atoms with van der Waals surface area (Å²) in [6.07, 6.45) is 1.18. The minimum atomic E-state index is 0. The van der Waals surface area contributed by atoms with Crippen molar-refractivity contribution in [3.63, 3.8) is 0 Å². The van der Waals surface area contributed by atoms with Crippen LogP contribution in [0.1, 0.15) is 14.8 Å². The van der Waals surface area contributed by atoms with Crippen molar-refractivity contribution in [2.24, 2.45) is 0 Å². The van der Waals surface area contributed by atoms with E-state index in [9.17, 15) is 0 Å². The summed E-state index contributed by atoms with van der Waals surface area (Å²) >= 11 is 0. The van der Waals surface area contributed by atoms with Crippen molar-refractivity contribution in [1.29, 1.82) is 0 Å². The molecule has 1 saturated heterocycles. The van der Waals surface area contributed by atoms with Crippen LogP contribution in [-0.4, -0.2) is 25.8 Å². The Hall–Kier alpha value is -0.0800. The predicted molar refractivity (Wildman–Crippen MR) is 35.0 cm³/mol. The molecule has 50 valence electrons. The molecule has 8 heavy (non-hydrogen) atoms. The second-order valence-corrected chi connectivity index (χ2v) is 2.13. The van der Waals surface area contributed by atoms with E-state index in [0.29, 0.717) is 6.04 Å². The van der Waals surface area contributed by atoms with E-state index in [1.807, 2.05) is 0 Å². The van der Waals surface area contributed by atoms with E-state index in [-0.39, 0.29) is 1.43 Å². The van der Waals surface area contributed by atoms with Crippen LogP contribution in [0.4, 0.5) is 0 Å². The van der Waals surface area contributed by atoms with Gasteiger partial charge in [0.2, 0.25) is 0 Å². The average Bonchev–Trinajstić information content (AvgIpc) is 1.90. The summed E-state index contributed by atoms with van der Waals surface area (Å²) in [5.41, 5.74) is 0. The Balaban J connectivity index is 0.000000640. The second kappa shape index (κ2) is 3.05. The van der Waals surface area contributed by atoms with Gasteiger partial charge in [-0.3, -0.25) is 0 Å². The molecule has 0 spiro atoms. The number of ether oxygens (including phenoxy) is 1. The van der Waals surface area contributed by atoms with Gasteiger partial charge in [0.25, 0.3) is 0 Å². The van der Waals surface area contributed by atoms with E-state index in [1.165, 1.54) is 6.42 Å². The molecule has 1 fully saturated rings. The highest BCUT2D eigenvalue weighted by Gasteiger charge is 2.08. The van der Waals surface area contributed by atoms with Crippen LogP contribution in [-0.2, 0) is 4.74 Å². The molecule has 0 aromatic heterocycles. The zero-order valence-corrected chi connectivity index (χ0v) is 5.31. The summed E-state index contributed by atoms with van der Waals surface area (Å²) < 4.78 is 5.21. The van der Waals surface area contributed by atoms with Crippen molar-refractivity contribution in [1.82, 2.24) is 5.32 Å². The first-order valence-electron chi connectivity index (χ1n) is 3.24. The Kier molecular flexibility index (Phi) is 2.30. The van der Waals surface area contributed by atoms with E-state index in [1.54, 1.807) is 0 Å². The van der Waals surface area contributed by atoms with Crippen molar-refractivity contribution < 1.29 is 6.16 Å². The lowest BCUT2D eigenvalue weighted by Crippen LogP contribution is -2.40. The Morgan fingerprint density at radius 3 is 3.12 bits per heavy atom. The van der Waals surface area contributed by atoms with Gasteiger partial charge in [-0.05, 0) is 6.42 Å². The topological polar surface area (TPSA) is 21.3 Å². The minimum Gasteiger partial charge on any atom is -0.379 e. The van der Waals surface area contributed by atoms with Gasteiger partial charge in [0.05, 0.1) is 13.2 Å². The molecule has 1 heterocycles. The molecular weight excluding hydrogens is 102 g/mol. The predicted octanol–water partition coefficient (Wildman–Crippen LogP) is 0.631. The largest absolute Gasteiger partial charge is 0.379 e. The molecule has 0 aromatic carbocycles. The maximum Gasteiger partial charge on any atom is 0.0620 e. The zero-order chi connectivity index (χ0) is 5.82. The highest BCUT2D eigenvalue weighted by molar-refractivity contribution is 4.66. The summed E-state index contributed by atoms with van der Waals surface area (Å²) in [6, 6.07) is 0.615. The first-order chi connectivity index (χ1) is 3.93. The molecule has 2 heteroatoms. The first kappa shape index (κ1) is 6.05. The van der Waals surface area contributed by atoms with Crippen molar-refractivity contribution in [2.75, 3.05) is 19.8 Å². The monoisotopic (exact) mass is 117 g/mol. The molecule has 0 aromatic rings. The van der Waals surface area contributed by atoms with E-state index in [2.05, 4.69) is 12.2 Å². The zero-order valence-electron chi connectivity index (χ0n) is 5.31. The molecule has 0 unspecified atom stereocenters. The third kappa shape index (κ3) is 1.46. The van der Waals surface area contributed by atoms with Crippen LogP contribution in [0.25, 0.3) is 0 Å². The molecular formula is C6H15NO. The molecule has 0 aliphatic carbocycles. The Morgan fingerprint density at radius 2 is 2.75 bits per heavy atom. The van der Waals surface area contributed by atoms with Crippen LogP contribution >= 0.6 is 0 Å². The molecule has 0 saturated carbocycles. The Morgan fingerprint density at radius 1 is 1.88 bits per heavy atom. The second-order valence-electron chi connectivity index (χ2n) is 2.13. The van der Waals surface area contributed by atoms with E-state index in [0.717, 1.165) is 19.8 Å².